The van der Waals surface area contributed by atoms with E-state index >= 15 is 0 Å². The molecule has 0 bridgehead atoms. The average Bonchev–Trinajstić information content (AvgIpc) is 3.16. The lowest BCUT2D eigenvalue weighted by Crippen LogP contribution is -2.13. The van der Waals surface area contributed by atoms with Crippen LogP contribution in [0.5, 0.6) is 5.75 Å². The molecule has 0 unspecified atom stereocenters. The highest BCUT2D eigenvalue weighted by Crippen LogP contribution is 2.28. The van der Waals surface area contributed by atoms with E-state index in [1.54, 1.807) is 24.6 Å². The van der Waals surface area contributed by atoms with Crippen molar-refractivity contribution in [3.8, 4) is 16.9 Å². The van der Waals surface area contributed by atoms with Gasteiger partial charge < -0.3 is 10.1 Å². The van der Waals surface area contributed by atoms with Gasteiger partial charge in [0.15, 0.2) is 5.65 Å². The van der Waals surface area contributed by atoms with Crippen molar-refractivity contribution in [2.24, 2.45) is 0 Å². The minimum Gasteiger partial charge on any atom is -0.495 e. The number of rotatable bonds is 4. The molecule has 0 amide bonds. The third kappa shape index (κ3) is 2.85. The van der Waals surface area contributed by atoms with E-state index in [1.807, 2.05) is 47.2 Å². The van der Waals surface area contributed by atoms with Crippen molar-refractivity contribution in [1.82, 2.24) is 15.0 Å². The van der Waals surface area contributed by atoms with Gasteiger partial charge in [0.2, 0.25) is 5.95 Å². The maximum Gasteiger partial charge on any atom is 0.262 e. The molecule has 3 aromatic heterocycles. The zero-order chi connectivity index (χ0) is 17.2. The van der Waals surface area contributed by atoms with E-state index in [1.165, 1.54) is 0 Å². The Morgan fingerprint density at radius 3 is 2.88 bits per heavy atom. The topological polar surface area (TPSA) is 79.9 Å². The van der Waals surface area contributed by atoms with Gasteiger partial charge in [0, 0.05) is 11.8 Å². The summed E-state index contributed by atoms with van der Waals surface area (Å²) in [5, 5.41) is 7.53. The monoisotopic (exact) mass is 350 g/mol. The Balaban J connectivity index is 1.82. The fourth-order valence-corrected chi connectivity index (χ4v) is 3.31. The van der Waals surface area contributed by atoms with Crippen LogP contribution in [0.3, 0.4) is 0 Å². The van der Waals surface area contributed by atoms with Crippen molar-refractivity contribution in [1.29, 1.82) is 0 Å². The number of pyridine rings is 1. The molecule has 6 nitrogen and oxygen atoms in total. The number of aromatic amines is 1. The molecule has 0 saturated carbocycles. The number of ether oxygens (including phenoxy) is 1. The highest BCUT2D eigenvalue weighted by molar-refractivity contribution is 7.08. The van der Waals surface area contributed by atoms with Gasteiger partial charge in [-0.25, -0.2) is 4.98 Å². The van der Waals surface area contributed by atoms with Gasteiger partial charge in [0.25, 0.3) is 5.56 Å². The Hall–Kier alpha value is -3.19. The third-order valence-electron chi connectivity index (χ3n) is 3.80. The second-order valence-corrected chi connectivity index (χ2v) is 6.09. The zero-order valence-electron chi connectivity index (χ0n) is 13.3. The predicted octanol–water partition coefficient (Wildman–Crippen LogP) is 3.80. The molecule has 0 aliphatic carbocycles. The molecule has 7 heteroatoms. The van der Waals surface area contributed by atoms with Crippen LogP contribution in [0.4, 0.5) is 11.6 Å². The van der Waals surface area contributed by atoms with E-state index in [9.17, 15) is 4.79 Å². The zero-order valence-corrected chi connectivity index (χ0v) is 14.1. The van der Waals surface area contributed by atoms with E-state index < -0.39 is 0 Å². The van der Waals surface area contributed by atoms with Gasteiger partial charge in [-0.2, -0.15) is 16.3 Å². The Bertz CT molecular complexity index is 1090. The summed E-state index contributed by atoms with van der Waals surface area (Å²) in [4.78, 5) is 24.1. The largest absolute Gasteiger partial charge is 0.495 e. The van der Waals surface area contributed by atoms with Crippen molar-refractivity contribution in [3.05, 3.63) is 63.7 Å². The van der Waals surface area contributed by atoms with Crippen molar-refractivity contribution < 1.29 is 4.74 Å². The lowest BCUT2D eigenvalue weighted by atomic mass is 10.1. The molecule has 124 valence electrons. The number of thiophene rings is 1. The summed E-state index contributed by atoms with van der Waals surface area (Å²) in [5.41, 5.74) is 2.67. The lowest BCUT2D eigenvalue weighted by molar-refractivity contribution is 0.417. The normalized spacial score (nSPS) is 10.8. The SMILES string of the molecule is COc1ccccc1Nc1nc2nccc(-c3ccsc3)c2c(=O)[nH]1. The van der Waals surface area contributed by atoms with E-state index in [2.05, 4.69) is 20.3 Å². The summed E-state index contributed by atoms with van der Waals surface area (Å²) in [7, 11) is 1.59. The molecular formula is C18H14N4O2S. The highest BCUT2D eigenvalue weighted by Gasteiger charge is 2.12. The molecule has 0 fully saturated rings. The first-order valence-electron chi connectivity index (χ1n) is 7.58. The fraction of sp³-hybridized carbons (Fsp3) is 0.0556. The van der Waals surface area contributed by atoms with Crippen LogP contribution in [-0.4, -0.2) is 22.1 Å². The van der Waals surface area contributed by atoms with Crippen LogP contribution < -0.4 is 15.6 Å². The first-order valence-corrected chi connectivity index (χ1v) is 8.52. The van der Waals surface area contributed by atoms with Crippen LogP contribution in [-0.2, 0) is 0 Å². The molecule has 0 radical (unpaired) electrons. The van der Waals surface area contributed by atoms with Gasteiger partial charge in [-0.1, -0.05) is 12.1 Å². The Labute approximate surface area is 147 Å². The molecule has 1 aromatic carbocycles. The van der Waals surface area contributed by atoms with Gasteiger partial charge in [-0.15, -0.1) is 0 Å². The smallest absolute Gasteiger partial charge is 0.262 e. The molecule has 0 aliphatic heterocycles. The van der Waals surface area contributed by atoms with Crippen molar-refractivity contribution in [2.45, 2.75) is 0 Å². The maximum absolute atomic E-state index is 12.7. The number of hydrogen-bond donors (Lipinski definition) is 2. The Kier molecular flexibility index (Phi) is 3.91. The molecule has 0 aliphatic rings. The second-order valence-electron chi connectivity index (χ2n) is 5.31. The van der Waals surface area contributed by atoms with Crippen LogP contribution in [0.15, 0.2) is 58.1 Å². The van der Waals surface area contributed by atoms with E-state index in [-0.39, 0.29) is 5.56 Å². The number of para-hydroxylation sites is 2. The number of H-pyrrole nitrogens is 1. The average molecular weight is 350 g/mol. The number of nitrogens with one attached hydrogen (secondary N) is 2. The summed E-state index contributed by atoms with van der Waals surface area (Å²) in [6.07, 6.45) is 1.66. The van der Waals surface area contributed by atoms with Crippen molar-refractivity contribution in [2.75, 3.05) is 12.4 Å². The number of fused-ring (bicyclic) bond motifs is 1. The molecule has 4 rings (SSSR count). The standard InChI is InChI=1S/C18H14N4O2S/c1-24-14-5-3-2-4-13(14)20-18-21-16-15(17(23)22-18)12(6-8-19-16)11-7-9-25-10-11/h2-10H,1H3,(H2,19,20,21,22,23). The van der Waals surface area contributed by atoms with E-state index in [0.717, 1.165) is 11.1 Å². The molecule has 0 saturated heterocycles. The molecule has 4 aromatic rings. The fourth-order valence-electron chi connectivity index (χ4n) is 2.66. The number of anilines is 2. The van der Waals surface area contributed by atoms with Crippen molar-refractivity contribution >= 4 is 34.0 Å². The minimum absolute atomic E-state index is 0.239. The highest BCUT2D eigenvalue weighted by atomic mass is 32.1. The van der Waals surface area contributed by atoms with Crippen LogP contribution in [0.25, 0.3) is 22.2 Å². The second kappa shape index (κ2) is 6.37. The van der Waals surface area contributed by atoms with Gasteiger partial charge >= 0.3 is 0 Å². The molecule has 25 heavy (non-hydrogen) atoms. The summed E-state index contributed by atoms with van der Waals surface area (Å²) in [5.74, 6) is 0.974. The van der Waals surface area contributed by atoms with Crippen LogP contribution in [0.2, 0.25) is 0 Å². The number of benzene rings is 1. The maximum atomic E-state index is 12.7. The summed E-state index contributed by atoms with van der Waals surface area (Å²) >= 11 is 1.58. The summed E-state index contributed by atoms with van der Waals surface area (Å²) in [6.45, 7) is 0. The lowest BCUT2D eigenvalue weighted by Gasteiger charge is -2.10. The van der Waals surface area contributed by atoms with Crippen LogP contribution in [0.1, 0.15) is 0 Å². The first kappa shape index (κ1) is 15.3. The number of methoxy groups -OCH3 is 1. The minimum atomic E-state index is -0.239. The van der Waals surface area contributed by atoms with Crippen molar-refractivity contribution in [3.63, 3.8) is 0 Å². The molecular weight excluding hydrogens is 336 g/mol. The number of hydrogen-bond acceptors (Lipinski definition) is 6. The van der Waals surface area contributed by atoms with Gasteiger partial charge in [-0.05, 0) is 40.6 Å². The predicted molar refractivity (Wildman–Crippen MR) is 99.7 cm³/mol. The summed E-state index contributed by atoms with van der Waals surface area (Å²) < 4.78 is 5.31. The summed E-state index contributed by atoms with van der Waals surface area (Å²) in [6, 6.07) is 11.2. The van der Waals surface area contributed by atoms with Gasteiger partial charge in [-0.3, -0.25) is 9.78 Å². The van der Waals surface area contributed by atoms with Crippen LogP contribution >= 0.6 is 11.3 Å². The Morgan fingerprint density at radius 1 is 1.20 bits per heavy atom. The van der Waals surface area contributed by atoms with Crippen LogP contribution in [0, 0.1) is 0 Å². The quantitative estimate of drug-likeness (QED) is 0.585. The number of aromatic nitrogens is 3. The molecule has 3 heterocycles. The first-order chi connectivity index (χ1) is 12.3. The van der Waals surface area contributed by atoms with Gasteiger partial charge in [0.05, 0.1) is 18.2 Å². The third-order valence-corrected chi connectivity index (χ3v) is 4.48. The van der Waals surface area contributed by atoms with E-state index in [4.69, 9.17) is 4.74 Å². The molecule has 0 spiro atoms. The van der Waals surface area contributed by atoms with Gasteiger partial charge in [0.1, 0.15) is 5.75 Å². The van der Waals surface area contributed by atoms with E-state index in [0.29, 0.717) is 28.4 Å². The number of nitrogens with zero attached hydrogens (tertiary/aromatic N) is 2. The molecule has 0 atom stereocenters. The Morgan fingerprint density at radius 2 is 2.08 bits per heavy atom. The molecule has 2 N–H and O–H groups in total.